The van der Waals surface area contributed by atoms with Crippen LogP contribution < -0.4 is 15.8 Å². The molecule has 3 N–H and O–H groups in total. The fourth-order valence-corrected chi connectivity index (χ4v) is 1.89. The highest BCUT2D eigenvalue weighted by Crippen LogP contribution is 2.29. The third kappa shape index (κ3) is 3.71. The smallest absolute Gasteiger partial charge is 0.240 e. The van der Waals surface area contributed by atoms with Crippen LogP contribution in [0.25, 0.3) is 0 Å². The number of benzene rings is 1. The molecule has 19 heavy (non-hydrogen) atoms. The molecule has 102 valence electrons. The van der Waals surface area contributed by atoms with E-state index < -0.39 is 11.9 Å². The largest absolute Gasteiger partial charge is 0.497 e. The van der Waals surface area contributed by atoms with Gasteiger partial charge in [0.1, 0.15) is 11.8 Å². The van der Waals surface area contributed by atoms with Gasteiger partial charge < -0.3 is 15.8 Å². The first-order chi connectivity index (χ1) is 9.10. The number of methoxy groups -OCH3 is 1. The maximum Gasteiger partial charge on any atom is 0.240 e. The second-order valence-corrected chi connectivity index (χ2v) is 4.79. The third-order valence-corrected chi connectivity index (χ3v) is 3.18. The molecule has 0 bridgehead atoms. The Morgan fingerprint density at radius 1 is 1.47 bits per heavy atom. The van der Waals surface area contributed by atoms with Gasteiger partial charge in [-0.15, -0.1) is 0 Å². The van der Waals surface area contributed by atoms with Gasteiger partial charge in [-0.25, -0.2) is 0 Å². The van der Waals surface area contributed by atoms with Crippen molar-refractivity contribution >= 4 is 11.8 Å². The maximum atomic E-state index is 11.7. The number of amides is 2. The van der Waals surface area contributed by atoms with Crippen LogP contribution in [0, 0.1) is 5.92 Å². The van der Waals surface area contributed by atoms with Crippen molar-refractivity contribution in [3.63, 3.8) is 0 Å². The van der Waals surface area contributed by atoms with Crippen molar-refractivity contribution < 1.29 is 14.3 Å². The molecule has 1 aromatic carbocycles. The van der Waals surface area contributed by atoms with Crippen molar-refractivity contribution in [3.05, 3.63) is 29.8 Å². The van der Waals surface area contributed by atoms with Crippen LogP contribution in [0.2, 0.25) is 0 Å². The van der Waals surface area contributed by atoms with Crippen LogP contribution in [0.5, 0.6) is 5.75 Å². The van der Waals surface area contributed by atoms with E-state index >= 15 is 0 Å². The zero-order valence-electron chi connectivity index (χ0n) is 10.9. The average molecular weight is 262 g/mol. The molecule has 0 aliphatic heterocycles. The Bertz CT molecular complexity index is 483. The highest BCUT2D eigenvalue weighted by molar-refractivity contribution is 5.88. The molecular formula is C14H18N2O3. The van der Waals surface area contributed by atoms with E-state index in [1.807, 2.05) is 24.3 Å². The molecule has 0 saturated heterocycles. The van der Waals surface area contributed by atoms with E-state index in [0.717, 1.165) is 18.4 Å². The summed E-state index contributed by atoms with van der Waals surface area (Å²) in [5, 5.41) is 2.71. The summed E-state index contributed by atoms with van der Waals surface area (Å²) in [6.07, 6.45) is 2.18. The SMILES string of the molecule is COc1cccc(C[C@H](NC(=O)C2CC2)C(N)=O)c1. The number of nitrogens with two attached hydrogens (primary N) is 1. The Kier molecular flexibility index (Phi) is 4.04. The molecule has 5 heteroatoms. The fourth-order valence-electron chi connectivity index (χ4n) is 1.89. The van der Waals surface area contributed by atoms with E-state index in [0.29, 0.717) is 12.2 Å². The molecule has 0 heterocycles. The van der Waals surface area contributed by atoms with Gasteiger partial charge in [0.05, 0.1) is 7.11 Å². The topological polar surface area (TPSA) is 81.4 Å². The van der Waals surface area contributed by atoms with Crippen molar-refractivity contribution in [3.8, 4) is 5.75 Å². The Hall–Kier alpha value is -2.04. The first-order valence-corrected chi connectivity index (χ1v) is 6.32. The van der Waals surface area contributed by atoms with Crippen LogP contribution in [0.3, 0.4) is 0 Å². The lowest BCUT2D eigenvalue weighted by Gasteiger charge is -2.15. The van der Waals surface area contributed by atoms with Gasteiger partial charge in [0, 0.05) is 12.3 Å². The summed E-state index contributed by atoms with van der Waals surface area (Å²) in [6.45, 7) is 0. The molecule has 1 atom stereocenters. The summed E-state index contributed by atoms with van der Waals surface area (Å²) in [6, 6.07) is 6.71. The number of hydrogen-bond acceptors (Lipinski definition) is 3. The van der Waals surface area contributed by atoms with Gasteiger partial charge in [0.2, 0.25) is 11.8 Å². The summed E-state index contributed by atoms with van der Waals surface area (Å²) in [4.78, 5) is 23.1. The van der Waals surface area contributed by atoms with Crippen LogP contribution >= 0.6 is 0 Å². The second-order valence-electron chi connectivity index (χ2n) is 4.79. The first-order valence-electron chi connectivity index (χ1n) is 6.32. The van der Waals surface area contributed by atoms with Crippen molar-refractivity contribution in [1.29, 1.82) is 0 Å². The molecule has 1 aliphatic rings. The summed E-state index contributed by atoms with van der Waals surface area (Å²) in [5.74, 6) is 0.185. The van der Waals surface area contributed by atoms with E-state index in [2.05, 4.69) is 5.32 Å². The average Bonchev–Trinajstić information content (AvgIpc) is 3.22. The molecule has 1 saturated carbocycles. The highest BCUT2D eigenvalue weighted by Gasteiger charge is 2.32. The molecule has 1 aliphatic carbocycles. The van der Waals surface area contributed by atoms with Gasteiger partial charge in [-0.1, -0.05) is 12.1 Å². The van der Waals surface area contributed by atoms with Crippen LogP contribution in [0.15, 0.2) is 24.3 Å². The lowest BCUT2D eigenvalue weighted by molar-refractivity contribution is -0.128. The number of primary amides is 1. The van der Waals surface area contributed by atoms with Crippen LogP contribution in [0.1, 0.15) is 18.4 Å². The van der Waals surface area contributed by atoms with Gasteiger partial charge in [-0.05, 0) is 30.5 Å². The number of rotatable bonds is 6. The molecule has 1 fully saturated rings. The predicted octanol–water partition coefficient (Wildman–Crippen LogP) is 0.618. The van der Waals surface area contributed by atoms with E-state index in [4.69, 9.17) is 10.5 Å². The van der Waals surface area contributed by atoms with E-state index in [1.54, 1.807) is 7.11 Å². The number of nitrogens with one attached hydrogen (secondary N) is 1. The number of carbonyl (C=O) groups excluding carboxylic acids is 2. The Balaban J connectivity index is 2.02. The first kappa shape index (κ1) is 13.4. The zero-order chi connectivity index (χ0) is 13.8. The van der Waals surface area contributed by atoms with Crippen molar-refractivity contribution in [2.45, 2.75) is 25.3 Å². The molecule has 0 aromatic heterocycles. The Morgan fingerprint density at radius 3 is 2.79 bits per heavy atom. The van der Waals surface area contributed by atoms with Crippen molar-refractivity contribution in [2.24, 2.45) is 11.7 Å². The standard InChI is InChI=1S/C14H18N2O3/c1-19-11-4-2-3-9(7-11)8-12(13(15)17)16-14(18)10-5-6-10/h2-4,7,10,12H,5-6,8H2,1H3,(H2,15,17)(H,16,18)/t12-/m0/s1. The summed E-state index contributed by atoms with van der Waals surface area (Å²) >= 11 is 0. The lowest BCUT2D eigenvalue weighted by atomic mass is 10.0. The minimum absolute atomic E-state index is 0.0622. The monoisotopic (exact) mass is 262 g/mol. The lowest BCUT2D eigenvalue weighted by Crippen LogP contribution is -2.46. The van der Waals surface area contributed by atoms with Gasteiger partial charge in [0.25, 0.3) is 0 Å². The molecule has 0 radical (unpaired) electrons. The van der Waals surface area contributed by atoms with Crippen LogP contribution in [-0.4, -0.2) is 25.0 Å². The molecular weight excluding hydrogens is 244 g/mol. The van der Waals surface area contributed by atoms with E-state index in [9.17, 15) is 9.59 Å². The summed E-state index contributed by atoms with van der Waals surface area (Å²) < 4.78 is 5.12. The molecule has 0 unspecified atom stereocenters. The predicted molar refractivity (Wildman–Crippen MR) is 70.5 cm³/mol. The number of hydrogen-bond donors (Lipinski definition) is 2. The van der Waals surface area contributed by atoms with E-state index in [1.165, 1.54) is 0 Å². The second kappa shape index (κ2) is 5.73. The molecule has 1 aromatic rings. The van der Waals surface area contributed by atoms with Gasteiger partial charge in [-0.3, -0.25) is 9.59 Å². The molecule has 0 spiro atoms. The molecule has 2 amide bonds. The Morgan fingerprint density at radius 2 is 2.21 bits per heavy atom. The number of ether oxygens (including phenoxy) is 1. The zero-order valence-corrected chi connectivity index (χ0v) is 10.9. The highest BCUT2D eigenvalue weighted by atomic mass is 16.5. The maximum absolute atomic E-state index is 11.7. The molecule has 2 rings (SSSR count). The van der Waals surface area contributed by atoms with Gasteiger partial charge >= 0.3 is 0 Å². The van der Waals surface area contributed by atoms with Crippen LogP contribution in [0.4, 0.5) is 0 Å². The van der Waals surface area contributed by atoms with Crippen molar-refractivity contribution in [2.75, 3.05) is 7.11 Å². The summed E-state index contributed by atoms with van der Waals surface area (Å²) in [5.41, 5.74) is 6.24. The molecule has 5 nitrogen and oxygen atoms in total. The quantitative estimate of drug-likeness (QED) is 0.788. The van der Waals surface area contributed by atoms with Gasteiger partial charge in [-0.2, -0.15) is 0 Å². The fraction of sp³-hybridized carbons (Fsp3) is 0.429. The third-order valence-electron chi connectivity index (χ3n) is 3.18. The van der Waals surface area contributed by atoms with Crippen LogP contribution in [-0.2, 0) is 16.0 Å². The minimum Gasteiger partial charge on any atom is -0.497 e. The number of carbonyl (C=O) groups is 2. The van der Waals surface area contributed by atoms with Crippen molar-refractivity contribution in [1.82, 2.24) is 5.32 Å². The normalized spacial score (nSPS) is 15.6. The summed E-state index contributed by atoms with van der Waals surface area (Å²) in [7, 11) is 1.58. The van der Waals surface area contributed by atoms with Gasteiger partial charge in [0.15, 0.2) is 0 Å². The minimum atomic E-state index is -0.666. The van der Waals surface area contributed by atoms with E-state index in [-0.39, 0.29) is 11.8 Å². The Labute approximate surface area is 112 Å².